The van der Waals surface area contributed by atoms with Gasteiger partial charge >= 0.3 is 5.97 Å². The predicted octanol–water partition coefficient (Wildman–Crippen LogP) is 5.27. The number of halogens is 2. The topological polar surface area (TPSA) is 117 Å². The first kappa shape index (κ1) is 26.6. The number of rotatable bonds is 6. The van der Waals surface area contributed by atoms with Gasteiger partial charge in [-0.1, -0.05) is 46.7 Å². The van der Waals surface area contributed by atoms with Crippen molar-refractivity contribution < 1.29 is 18.9 Å². The monoisotopic (exact) mass is 583 g/mol. The third kappa shape index (κ3) is 5.06. The van der Waals surface area contributed by atoms with Crippen LogP contribution in [0.2, 0.25) is 10.0 Å². The van der Waals surface area contributed by atoms with Crippen LogP contribution in [0.1, 0.15) is 31.2 Å². The number of allylic oxidation sites excluding steroid dienone is 1. The highest BCUT2D eigenvalue weighted by molar-refractivity contribution is 7.07. The lowest BCUT2D eigenvalue weighted by atomic mass is 9.96. The molecule has 0 saturated heterocycles. The van der Waals surface area contributed by atoms with Crippen LogP contribution in [0.25, 0.3) is 17.4 Å². The summed E-state index contributed by atoms with van der Waals surface area (Å²) < 4.78 is 12.9. The number of nitro benzene ring substituents is 1. The van der Waals surface area contributed by atoms with Crippen LogP contribution in [0.4, 0.5) is 5.69 Å². The summed E-state index contributed by atoms with van der Waals surface area (Å²) in [6.45, 7) is 3.57. The SMILES string of the molecule is CCOC(=O)C1=C(C)N=c2s/c(=C\c3ccc(-c4ccc(Cl)cc4[N+](=O)[O-])o3)c(=O)n2[C@H]1c1ccc(Cl)cc1. The highest BCUT2D eigenvalue weighted by Gasteiger charge is 2.33. The van der Waals surface area contributed by atoms with Gasteiger partial charge < -0.3 is 9.15 Å². The smallest absolute Gasteiger partial charge is 0.338 e. The number of hydrogen-bond donors (Lipinski definition) is 0. The third-order valence-corrected chi connectivity index (χ3v) is 7.49. The number of fused-ring (bicyclic) bond motifs is 1. The van der Waals surface area contributed by atoms with Gasteiger partial charge in [-0.3, -0.25) is 19.5 Å². The summed E-state index contributed by atoms with van der Waals surface area (Å²) in [5.41, 5.74) is 1.03. The maximum absolute atomic E-state index is 13.7. The summed E-state index contributed by atoms with van der Waals surface area (Å²) >= 11 is 13.1. The van der Waals surface area contributed by atoms with E-state index in [0.29, 0.717) is 31.4 Å². The molecule has 0 bridgehead atoms. The molecule has 3 heterocycles. The van der Waals surface area contributed by atoms with E-state index in [1.807, 2.05) is 0 Å². The molecule has 4 aromatic rings. The fraction of sp³-hybridized carbons (Fsp3) is 0.148. The zero-order valence-corrected chi connectivity index (χ0v) is 22.8. The van der Waals surface area contributed by atoms with E-state index in [9.17, 15) is 19.7 Å². The second-order valence-electron chi connectivity index (χ2n) is 8.47. The second kappa shape index (κ2) is 10.6. The highest BCUT2D eigenvalue weighted by atomic mass is 35.5. The summed E-state index contributed by atoms with van der Waals surface area (Å²) in [7, 11) is 0. The van der Waals surface area contributed by atoms with Gasteiger partial charge in [-0.15, -0.1) is 0 Å². The second-order valence-corrected chi connectivity index (χ2v) is 10.4. The van der Waals surface area contributed by atoms with Crippen molar-refractivity contribution in [2.75, 3.05) is 6.61 Å². The molecular formula is C27H19Cl2N3O6S. The average molecular weight is 584 g/mol. The summed E-state index contributed by atoms with van der Waals surface area (Å²) in [6, 6.07) is 13.6. The van der Waals surface area contributed by atoms with Crippen molar-refractivity contribution in [1.29, 1.82) is 0 Å². The molecular weight excluding hydrogens is 565 g/mol. The van der Waals surface area contributed by atoms with Gasteiger partial charge in [0, 0.05) is 22.2 Å². The van der Waals surface area contributed by atoms with Crippen LogP contribution in [0.5, 0.6) is 0 Å². The van der Waals surface area contributed by atoms with Crippen molar-refractivity contribution in [2.45, 2.75) is 19.9 Å². The zero-order valence-electron chi connectivity index (χ0n) is 20.5. The Bertz CT molecular complexity index is 1840. The number of nitro groups is 1. The Labute approximate surface area is 235 Å². The van der Waals surface area contributed by atoms with Gasteiger partial charge in [-0.2, -0.15) is 0 Å². The predicted molar refractivity (Wildman–Crippen MR) is 148 cm³/mol. The minimum atomic E-state index is -0.774. The number of nitrogens with zero attached hydrogens (tertiary/aromatic N) is 3. The molecule has 1 atom stereocenters. The quantitative estimate of drug-likeness (QED) is 0.173. The Morgan fingerprint density at radius 1 is 1.18 bits per heavy atom. The number of hydrogen-bond acceptors (Lipinski definition) is 8. The number of thiazole rings is 1. The van der Waals surface area contributed by atoms with Crippen LogP contribution < -0.4 is 14.9 Å². The molecule has 0 radical (unpaired) electrons. The van der Waals surface area contributed by atoms with Crippen molar-refractivity contribution >= 4 is 52.3 Å². The number of furan rings is 1. The van der Waals surface area contributed by atoms with Crippen molar-refractivity contribution in [3.05, 3.63) is 117 Å². The van der Waals surface area contributed by atoms with Crippen LogP contribution in [-0.4, -0.2) is 22.1 Å². The van der Waals surface area contributed by atoms with E-state index in [4.69, 9.17) is 32.4 Å². The molecule has 2 aromatic heterocycles. The minimum Gasteiger partial charge on any atom is -0.463 e. The lowest BCUT2D eigenvalue weighted by Gasteiger charge is -2.24. The van der Waals surface area contributed by atoms with E-state index in [0.717, 1.165) is 11.3 Å². The van der Waals surface area contributed by atoms with Crippen LogP contribution in [0.15, 0.2) is 80.1 Å². The molecule has 1 aliphatic heterocycles. The molecule has 12 heteroatoms. The van der Waals surface area contributed by atoms with Gasteiger partial charge in [0.2, 0.25) is 0 Å². The molecule has 198 valence electrons. The summed E-state index contributed by atoms with van der Waals surface area (Å²) in [5.74, 6) is -0.00558. The molecule has 9 nitrogen and oxygen atoms in total. The van der Waals surface area contributed by atoms with E-state index in [2.05, 4.69) is 4.99 Å². The molecule has 0 N–H and O–H groups in total. The van der Waals surface area contributed by atoms with E-state index in [1.54, 1.807) is 50.2 Å². The van der Waals surface area contributed by atoms with Crippen molar-refractivity contribution in [1.82, 2.24) is 4.57 Å². The van der Waals surface area contributed by atoms with E-state index >= 15 is 0 Å². The van der Waals surface area contributed by atoms with Crippen molar-refractivity contribution in [3.63, 3.8) is 0 Å². The molecule has 5 rings (SSSR count). The Hall–Kier alpha value is -3.99. The number of esters is 1. The molecule has 0 saturated carbocycles. The van der Waals surface area contributed by atoms with Crippen LogP contribution in [0, 0.1) is 10.1 Å². The number of ether oxygens (including phenoxy) is 1. The molecule has 0 aliphatic carbocycles. The van der Waals surface area contributed by atoms with E-state index < -0.39 is 16.9 Å². The molecule has 39 heavy (non-hydrogen) atoms. The van der Waals surface area contributed by atoms with Gasteiger partial charge in [-0.25, -0.2) is 9.79 Å². The molecule has 1 aliphatic rings. The van der Waals surface area contributed by atoms with Crippen molar-refractivity contribution in [2.24, 2.45) is 4.99 Å². The fourth-order valence-corrected chi connectivity index (χ4v) is 5.64. The van der Waals surface area contributed by atoms with Gasteiger partial charge in [0.15, 0.2) is 4.80 Å². The lowest BCUT2D eigenvalue weighted by Crippen LogP contribution is -2.39. The third-order valence-electron chi connectivity index (χ3n) is 6.02. The first-order chi connectivity index (χ1) is 18.7. The number of carbonyl (C=O) groups excluding carboxylic acids is 1. The minimum absolute atomic E-state index is 0.167. The van der Waals surface area contributed by atoms with Crippen molar-refractivity contribution in [3.8, 4) is 11.3 Å². The van der Waals surface area contributed by atoms with Crippen LogP contribution in [0.3, 0.4) is 0 Å². The summed E-state index contributed by atoms with van der Waals surface area (Å²) in [5, 5.41) is 12.3. The fourth-order valence-electron chi connectivity index (χ4n) is 4.32. The first-order valence-electron chi connectivity index (χ1n) is 11.7. The van der Waals surface area contributed by atoms with Gasteiger partial charge in [0.25, 0.3) is 11.2 Å². The molecule has 0 amide bonds. The van der Waals surface area contributed by atoms with Gasteiger partial charge in [0.05, 0.1) is 38.9 Å². The largest absolute Gasteiger partial charge is 0.463 e. The van der Waals surface area contributed by atoms with E-state index in [1.165, 1.54) is 28.8 Å². The Balaban J connectivity index is 1.63. The van der Waals surface area contributed by atoms with Gasteiger partial charge in [0.1, 0.15) is 11.5 Å². The molecule has 0 fully saturated rings. The Morgan fingerprint density at radius 3 is 2.59 bits per heavy atom. The van der Waals surface area contributed by atoms with E-state index in [-0.39, 0.29) is 39.8 Å². The number of benzene rings is 2. The molecule has 0 unspecified atom stereocenters. The standard InChI is InChI=1S/C27H19Cl2N3O6S/c1-3-37-26(34)23-14(2)30-27-31(24(23)15-4-6-16(28)7-5-15)25(33)22(39-27)13-18-9-11-21(38-18)19-10-8-17(29)12-20(19)32(35)36/h4-13,24H,3H2,1-2H3/b22-13-/t24-/m0/s1. The summed E-state index contributed by atoms with van der Waals surface area (Å²) in [4.78, 5) is 42.6. The number of carbonyl (C=O) groups is 1. The maximum atomic E-state index is 13.7. The maximum Gasteiger partial charge on any atom is 0.338 e. The van der Waals surface area contributed by atoms with Crippen LogP contribution >= 0.6 is 34.5 Å². The average Bonchev–Trinajstić information content (AvgIpc) is 3.48. The normalized spacial score (nSPS) is 15.2. The number of aromatic nitrogens is 1. The zero-order chi connectivity index (χ0) is 27.8. The van der Waals surface area contributed by atoms with Gasteiger partial charge in [-0.05, 0) is 55.8 Å². The van der Waals surface area contributed by atoms with Crippen LogP contribution in [-0.2, 0) is 9.53 Å². The Morgan fingerprint density at radius 2 is 1.90 bits per heavy atom. The summed E-state index contributed by atoms with van der Waals surface area (Å²) in [6.07, 6.45) is 1.54. The first-order valence-corrected chi connectivity index (χ1v) is 13.2. The molecule has 0 spiro atoms. The lowest BCUT2D eigenvalue weighted by molar-refractivity contribution is -0.384. The molecule has 2 aromatic carbocycles. The Kier molecular flexibility index (Phi) is 7.26. The highest BCUT2D eigenvalue weighted by Crippen LogP contribution is 2.34.